The number of nitrogens with one attached hydrogen (secondary N) is 1. The van der Waals surface area contributed by atoms with Crippen LogP contribution in [0.3, 0.4) is 0 Å². The lowest BCUT2D eigenvalue weighted by molar-refractivity contribution is -0.389. The second-order valence-electron chi connectivity index (χ2n) is 4.55. The van der Waals surface area contributed by atoms with Crippen molar-refractivity contribution in [3.8, 4) is 0 Å². The number of carbonyl (C=O) groups excluding carboxylic acids is 1. The lowest BCUT2D eigenvalue weighted by Crippen LogP contribution is -2.43. The van der Waals surface area contributed by atoms with E-state index in [0.717, 1.165) is 6.42 Å². The van der Waals surface area contributed by atoms with Gasteiger partial charge in [-0.05, 0) is 23.3 Å². The zero-order valence-electron chi connectivity index (χ0n) is 9.93. The van der Waals surface area contributed by atoms with Crippen molar-refractivity contribution in [1.29, 1.82) is 0 Å². The summed E-state index contributed by atoms with van der Waals surface area (Å²) in [6, 6.07) is 2.72. The van der Waals surface area contributed by atoms with E-state index in [4.69, 9.17) is 11.6 Å². The largest absolute Gasteiger partial charge is 0.358 e. The number of aromatic nitrogens is 1. The molecule has 2 rings (SSSR count). The number of rotatable bonds is 2. The number of nitrogens with zero attached hydrogens (tertiary/aromatic N) is 2. The molecule has 98 valence electrons. The van der Waals surface area contributed by atoms with E-state index in [1.165, 1.54) is 12.1 Å². The van der Waals surface area contributed by atoms with Gasteiger partial charge in [-0.15, -0.1) is 11.6 Å². The number of nitro groups is 1. The number of amides is 1. The van der Waals surface area contributed by atoms with E-state index >= 15 is 0 Å². The van der Waals surface area contributed by atoms with Crippen molar-refractivity contribution in [2.75, 3.05) is 13.1 Å². The predicted molar refractivity (Wildman–Crippen MR) is 66.8 cm³/mol. The van der Waals surface area contributed by atoms with Gasteiger partial charge in [0, 0.05) is 19.2 Å². The molecule has 0 aliphatic carbocycles. The number of aromatic amines is 1. The summed E-state index contributed by atoms with van der Waals surface area (Å²) in [6.07, 6.45) is 0.850. The molecule has 1 N–H and O–H groups in total. The van der Waals surface area contributed by atoms with E-state index in [9.17, 15) is 14.9 Å². The van der Waals surface area contributed by atoms with Gasteiger partial charge in [-0.25, -0.2) is 4.98 Å². The summed E-state index contributed by atoms with van der Waals surface area (Å²) in [4.78, 5) is 26.2. The Balaban J connectivity index is 2.09. The quantitative estimate of drug-likeness (QED) is 0.508. The highest BCUT2D eigenvalue weighted by Gasteiger charge is 2.29. The third-order valence-corrected chi connectivity index (χ3v) is 3.82. The molecule has 1 amide bonds. The highest BCUT2D eigenvalue weighted by Crippen LogP contribution is 2.23. The third-order valence-electron chi connectivity index (χ3n) is 3.25. The van der Waals surface area contributed by atoms with E-state index < -0.39 is 4.92 Å². The number of H-pyrrole nitrogens is 1. The Morgan fingerprint density at radius 3 is 2.89 bits per heavy atom. The molecule has 1 aromatic rings. The third kappa shape index (κ3) is 2.48. The van der Waals surface area contributed by atoms with Crippen LogP contribution in [0.2, 0.25) is 0 Å². The Hall–Kier alpha value is -1.56. The number of hydrogen-bond donors (Lipinski definition) is 1. The zero-order chi connectivity index (χ0) is 13.3. The molecule has 1 aliphatic heterocycles. The minimum Gasteiger partial charge on any atom is -0.358 e. The predicted octanol–water partition coefficient (Wildman–Crippen LogP) is 2.01. The first-order valence-corrected chi connectivity index (χ1v) is 6.19. The van der Waals surface area contributed by atoms with E-state index in [-0.39, 0.29) is 22.8 Å². The number of piperidine rings is 1. The Bertz CT molecular complexity index is 474. The van der Waals surface area contributed by atoms with Crippen LogP contribution in [0.25, 0.3) is 0 Å². The minimum atomic E-state index is -0.556. The molecule has 0 radical (unpaired) electrons. The first-order valence-electron chi connectivity index (χ1n) is 5.76. The second kappa shape index (κ2) is 4.97. The van der Waals surface area contributed by atoms with Gasteiger partial charge in [0.2, 0.25) is 0 Å². The summed E-state index contributed by atoms with van der Waals surface area (Å²) in [6.45, 7) is 3.17. The molecule has 1 aliphatic rings. The Kier molecular flexibility index (Phi) is 3.56. The zero-order valence-corrected chi connectivity index (χ0v) is 10.7. The fourth-order valence-corrected chi connectivity index (χ4v) is 2.28. The van der Waals surface area contributed by atoms with Gasteiger partial charge in [0.1, 0.15) is 0 Å². The standard InChI is InChI=1S/C11H14ClN3O3/c1-7-4-5-14(6-8(7)12)11(16)9-2-3-10(13-9)15(17)18/h2-3,7-8,13H,4-6H2,1H3. The number of alkyl halides is 1. The molecule has 0 spiro atoms. The molecule has 6 nitrogen and oxygen atoms in total. The van der Waals surface area contributed by atoms with Crippen LogP contribution in [0.5, 0.6) is 0 Å². The first kappa shape index (κ1) is 12.9. The molecule has 0 bridgehead atoms. The fourth-order valence-electron chi connectivity index (χ4n) is 1.99. The van der Waals surface area contributed by atoms with Crippen LogP contribution in [-0.4, -0.2) is 39.2 Å². The maximum atomic E-state index is 12.1. The number of hydrogen-bond acceptors (Lipinski definition) is 3. The van der Waals surface area contributed by atoms with Crippen molar-refractivity contribution in [1.82, 2.24) is 9.88 Å². The fraction of sp³-hybridized carbons (Fsp3) is 0.545. The summed E-state index contributed by atoms with van der Waals surface area (Å²) in [5.41, 5.74) is 0.236. The van der Waals surface area contributed by atoms with E-state index in [1.54, 1.807) is 4.90 Å². The molecule has 7 heteroatoms. The van der Waals surface area contributed by atoms with Crippen LogP contribution >= 0.6 is 11.6 Å². The lowest BCUT2D eigenvalue weighted by atomic mass is 9.98. The molecule has 18 heavy (non-hydrogen) atoms. The second-order valence-corrected chi connectivity index (χ2v) is 5.11. The Morgan fingerprint density at radius 2 is 2.33 bits per heavy atom. The van der Waals surface area contributed by atoms with Gasteiger partial charge in [0.05, 0.1) is 5.38 Å². The van der Waals surface area contributed by atoms with Crippen molar-refractivity contribution in [2.24, 2.45) is 5.92 Å². The van der Waals surface area contributed by atoms with E-state index in [2.05, 4.69) is 11.9 Å². The average Bonchev–Trinajstić information content (AvgIpc) is 2.81. The van der Waals surface area contributed by atoms with Crippen LogP contribution in [-0.2, 0) is 0 Å². The van der Waals surface area contributed by atoms with Crippen LogP contribution < -0.4 is 0 Å². The Labute approximate surface area is 109 Å². The molecule has 2 atom stereocenters. The van der Waals surface area contributed by atoms with Gasteiger partial charge in [-0.3, -0.25) is 4.79 Å². The molecular formula is C11H14ClN3O3. The van der Waals surface area contributed by atoms with Gasteiger partial charge in [-0.1, -0.05) is 6.92 Å². The highest BCUT2D eigenvalue weighted by atomic mass is 35.5. The van der Waals surface area contributed by atoms with E-state index in [0.29, 0.717) is 19.0 Å². The van der Waals surface area contributed by atoms with Gasteiger partial charge in [0.15, 0.2) is 5.69 Å². The summed E-state index contributed by atoms with van der Waals surface area (Å²) >= 11 is 6.14. The SMILES string of the molecule is CC1CCN(C(=O)c2ccc([N+](=O)[O-])[nH]2)CC1Cl. The van der Waals surface area contributed by atoms with Crippen LogP contribution in [0.1, 0.15) is 23.8 Å². The van der Waals surface area contributed by atoms with Gasteiger partial charge >= 0.3 is 5.82 Å². The van der Waals surface area contributed by atoms with Crippen molar-refractivity contribution < 1.29 is 9.72 Å². The minimum absolute atomic E-state index is 0.0624. The van der Waals surface area contributed by atoms with Gasteiger partial charge < -0.3 is 15.0 Å². The van der Waals surface area contributed by atoms with Crippen molar-refractivity contribution in [2.45, 2.75) is 18.7 Å². The number of likely N-dealkylation sites (tertiary alicyclic amines) is 1. The summed E-state index contributed by atoms with van der Waals surface area (Å²) in [5, 5.41) is 10.5. The molecule has 0 saturated carbocycles. The highest BCUT2D eigenvalue weighted by molar-refractivity contribution is 6.21. The molecule has 1 saturated heterocycles. The number of halogens is 1. The molecule has 0 aromatic carbocycles. The molecule has 2 unspecified atom stereocenters. The van der Waals surface area contributed by atoms with Gasteiger partial charge in [0.25, 0.3) is 5.91 Å². The monoisotopic (exact) mass is 271 g/mol. The Morgan fingerprint density at radius 1 is 1.61 bits per heavy atom. The van der Waals surface area contributed by atoms with E-state index in [1.807, 2.05) is 0 Å². The summed E-state index contributed by atoms with van der Waals surface area (Å²) < 4.78 is 0. The molecular weight excluding hydrogens is 258 g/mol. The maximum Gasteiger partial charge on any atom is 0.321 e. The topological polar surface area (TPSA) is 79.2 Å². The molecule has 1 aromatic heterocycles. The molecule has 1 fully saturated rings. The normalized spacial score (nSPS) is 24.0. The van der Waals surface area contributed by atoms with Crippen LogP contribution in [0.4, 0.5) is 5.82 Å². The van der Waals surface area contributed by atoms with Crippen LogP contribution in [0, 0.1) is 16.0 Å². The summed E-state index contributed by atoms with van der Waals surface area (Å²) in [7, 11) is 0. The molecule has 2 heterocycles. The van der Waals surface area contributed by atoms with Crippen LogP contribution in [0.15, 0.2) is 12.1 Å². The van der Waals surface area contributed by atoms with Crippen molar-refractivity contribution in [3.05, 3.63) is 27.9 Å². The van der Waals surface area contributed by atoms with Crippen molar-refractivity contribution in [3.63, 3.8) is 0 Å². The summed E-state index contributed by atoms with van der Waals surface area (Å²) in [5.74, 6) is -0.0273. The van der Waals surface area contributed by atoms with Gasteiger partial charge in [-0.2, -0.15) is 0 Å². The lowest BCUT2D eigenvalue weighted by Gasteiger charge is -2.33. The average molecular weight is 272 g/mol. The maximum absolute atomic E-state index is 12.1. The smallest absolute Gasteiger partial charge is 0.321 e. The van der Waals surface area contributed by atoms with Crippen molar-refractivity contribution >= 4 is 23.3 Å². The number of carbonyl (C=O) groups is 1. The first-order chi connectivity index (χ1) is 8.49.